The molecule has 0 saturated heterocycles. The van der Waals surface area contributed by atoms with Crippen LogP contribution in [0.1, 0.15) is 70.4 Å². The number of rotatable bonds is 6. The summed E-state index contributed by atoms with van der Waals surface area (Å²) in [6, 6.07) is -0.242. The molecule has 6 heteroatoms. The lowest BCUT2D eigenvalue weighted by Gasteiger charge is -2.36. The van der Waals surface area contributed by atoms with Crippen molar-refractivity contribution in [3.05, 3.63) is 18.2 Å². The third-order valence-electron chi connectivity index (χ3n) is 6.45. The second kappa shape index (κ2) is 9.38. The summed E-state index contributed by atoms with van der Waals surface area (Å²) in [6.07, 6.45) is 13.6. The van der Waals surface area contributed by atoms with E-state index in [4.69, 9.17) is 0 Å². The summed E-state index contributed by atoms with van der Waals surface area (Å²) < 4.78 is 0. The summed E-state index contributed by atoms with van der Waals surface area (Å²) >= 11 is 0. The average molecular weight is 375 g/mol. The Balaban J connectivity index is 1.66. The number of nitrogens with one attached hydrogen (secondary N) is 2. The topological polar surface area (TPSA) is 78.1 Å². The van der Waals surface area contributed by atoms with Crippen molar-refractivity contribution in [1.82, 2.24) is 20.2 Å². The number of aromatic amines is 1. The van der Waals surface area contributed by atoms with Crippen molar-refractivity contribution < 1.29 is 9.59 Å². The highest BCUT2D eigenvalue weighted by Crippen LogP contribution is 2.27. The molecule has 2 N–H and O–H groups in total. The first-order chi connectivity index (χ1) is 13.0. The van der Waals surface area contributed by atoms with Gasteiger partial charge in [-0.05, 0) is 44.4 Å². The minimum Gasteiger partial charge on any atom is -0.348 e. The third kappa shape index (κ3) is 5.33. The molecule has 2 aliphatic rings. The third-order valence-corrected chi connectivity index (χ3v) is 6.45. The van der Waals surface area contributed by atoms with Gasteiger partial charge in [0.1, 0.15) is 6.04 Å². The minimum atomic E-state index is -0.524. The van der Waals surface area contributed by atoms with Crippen molar-refractivity contribution in [3.8, 4) is 0 Å². The van der Waals surface area contributed by atoms with Gasteiger partial charge >= 0.3 is 0 Å². The Morgan fingerprint density at radius 2 is 1.89 bits per heavy atom. The number of likely N-dealkylation sites (N-methyl/N-ethyl adjacent to an activating group) is 1. The Morgan fingerprint density at radius 1 is 1.19 bits per heavy atom. The second-order valence-corrected chi connectivity index (χ2v) is 8.54. The number of nitrogens with zero attached hydrogens (tertiary/aromatic N) is 2. The Bertz CT molecular complexity index is 602. The van der Waals surface area contributed by atoms with E-state index in [-0.39, 0.29) is 23.8 Å². The van der Waals surface area contributed by atoms with E-state index >= 15 is 0 Å². The number of hydrogen-bond acceptors (Lipinski definition) is 3. The van der Waals surface area contributed by atoms with Crippen LogP contribution in [-0.4, -0.2) is 45.8 Å². The maximum atomic E-state index is 13.2. The van der Waals surface area contributed by atoms with Gasteiger partial charge in [-0.1, -0.05) is 26.2 Å². The number of hydrogen-bond donors (Lipinski definition) is 2. The normalized spacial score (nSPS) is 25.0. The fourth-order valence-corrected chi connectivity index (χ4v) is 4.53. The van der Waals surface area contributed by atoms with E-state index in [0.29, 0.717) is 6.42 Å². The summed E-state index contributed by atoms with van der Waals surface area (Å²) in [5.41, 5.74) is 0.878. The summed E-state index contributed by atoms with van der Waals surface area (Å²) in [5, 5.41) is 3.08. The maximum Gasteiger partial charge on any atom is 0.245 e. The molecule has 0 bridgehead atoms. The number of carbonyl (C=O) groups is 2. The molecule has 0 spiro atoms. The quantitative estimate of drug-likeness (QED) is 0.803. The summed E-state index contributed by atoms with van der Waals surface area (Å²) in [5.74, 6) is 0.861. The van der Waals surface area contributed by atoms with E-state index in [0.717, 1.165) is 50.1 Å². The predicted molar refractivity (Wildman–Crippen MR) is 105 cm³/mol. The molecule has 0 aromatic carbocycles. The SMILES string of the molecule is CC1CCC(N(C)C(=O)C(Cc2cnc[nH]2)NC(=O)C2CCCCC2)CC1. The monoisotopic (exact) mass is 374 g/mol. The van der Waals surface area contributed by atoms with Crippen LogP contribution in [0.15, 0.2) is 12.5 Å². The maximum absolute atomic E-state index is 13.2. The number of H-pyrrole nitrogens is 1. The van der Waals surface area contributed by atoms with E-state index in [1.807, 2.05) is 11.9 Å². The lowest BCUT2D eigenvalue weighted by atomic mass is 9.86. The van der Waals surface area contributed by atoms with Crippen molar-refractivity contribution in [3.63, 3.8) is 0 Å². The van der Waals surface area contributed by atoms with Gasteiger partial charge in [-0.25, -0.2) is 4.98 Å². The highest BCUT2D eigenvalue weighted by molar-refractivity contribution is 5.88. The van der Waals surface area contributed by atoms with Gasteiger partial charge in [0.15, 0.2) is 0 Å². The first-order valence-electron chi connectivity index (χ1n) is 10.6. The molecule has 150 valence electrons. The van der Waals surface area contributed by atoms with Crippen molar-refractivity contribution in [2.24, 2.45) is 11.8 Å². The molecule has 3 rings (SSSR count). The van der Waals surface area contributed by atoms with E-state index in [1.54, 1.807) is 12.5 Å². The van der Waals surface area contributed by atoms with Gasteiger partial charge in [0.05, 0.1) is 6.33 Å². The van der Waals surface area contributed by atoms with Crippen molar-refractivity contribution in [2.75, 3.05) is 7.05 Å². The number of imidazole rings is 1. The van der Waals surface area contributed by atoms with Crippen molar-refractivity contribution >= 4 is 11.8 Å². The van der Waals surface area contributed by atoms with Crippen LogP contribution < -0.4 is 5.32 Å². The summed E-state index contributed by atoms with van der Waals surface area (Å²) in [4.78, 5) is 35.0. The van der Waals surface area contributed by atoms with Crippen LogP contribution in [0.3, 0.4) is 0 Å². The molecule has 1 heterocycles. The van der Waals surface area contributed by atoms with Crippen LogP contribution in [0.4, 0.5) is 0 Å². The highest BCUT2D eigenvalue weighted by Gasteiger charge is 2.32. The Hall–Kier alpha value is -1.85. The molecule has 27 heavy (non-hydrogen) atoms. The fraction of sp³-hybridized carbons (Fsp3) is 0.762. The molecule has 1 atom stereocenters. The summed E-state index contributed by atoms with van der Waals surface area (Å²) in [6.45, 7) is 2.28. The van der Waals surface area contributed by atoms with E-state index < -0.39 is 6.04 Å². The van der Waals surface area contributed by atoms with Gasteiger partial charge in [-0.2, -0.15) is 0 Å². The van der Waals surface area contributed by atoms with Gasteiger partial charge in [-0.3, -0.25) is 9.59 Å². The van der Waals surface area contributed by atoms with Crippen LogP contribution in [0, 0.1) is 11.8 Å². The zero-order valence-electron chi connectivity index (χ0n) is 16.7. The number of aromatic nitrogens is 2. The molecule has 0 aliphatic heterocycles. The molecule has 1 aromatic rings. The van der Waals surface area contributed by atoms with Crippen LogP contribution in [-0.2, 0) is 16.0 Å². The molecule has 1 aromatic heterocycles. The van der Waals surface area contributed by atoms with Gasteiger partial charge in [0.25, 0.3) is 0 Å². The standard InChI is InChI=1S/C21H34N4O2/c1-15-8-10-18(11-9-15)25(2)21(27)19(12-17-13-22-14-23-17)24-20(26)16-6-4-3-5-7-16/h13-16,18-19H,3-12H2,1-2H3,(H,22,23)(H,24,26). The van der Waals surface area contributed by atoms with Gasteiger partial charge < -0.3 is 15.2 Å². The zero-order valence-corrected chi connectivity index (χ0v) is 16.7. The smallest absolute Gasteiger partial charge is 0.245 e. The van der Waals surface area contributed by atoms with Crippen molar-refractivity contribution in [1.29, 1.82) is 0 Å². The molecule has 2 fully saturated rings. The average Bonchev–Trinajstić information content (AvgIpc) is 3.20. The molecule has 1 unspecified atom stereocenters. The molecular formula is C21H34N4O2. The molecule has 6 nitrogen and oxygen atoms in total. The Morgan fingerprint density at radius 3 is 2.52 bits per heavy atom. The van der Waals surface area contributed by atoms with E-state index in [9.17, 15) is 9.59 Å². The lowest BCUT2D eigenvalue weighted by Crippen LogP contribution is -2.53. The van der Waals surface area contributed by atoms with Gasteiger partial charge in [-0.15, -0.1) is 0 Å². The molecule has 2 amide bonds. The largest absolute Gasteiger partial charge is 0.348 e. The molecule has 2 saturated carbocycles. The second-order valence-electron chi connectivity index (χ2n) is 8.54. The predicted octanol–water partition coefficient (Wildman–Crippen LogP) is 3.05. The highest BCUT2D eigenvalue weighted by atomic mass is 16.2. The van der Waals surface area contributed by atoms with Gasteiger partial charge in [0.2, 0.25) is 11.8 Å². The molecule has 2 aliphatic carbocycles. The first-order valence-corrected chi connectivity index (χ1v) is 10.6. The molecule has 0 radical (unpaired) electrons. The Labute approximate surface area is 162 Å². The lowest BCUT2D eigenvalue weighted by molar-refractivity contribution is -0.139. The minimum absolute atomic E-state index is 0.0216. The van der Waals surface area contributed by atoms with Crippen LogP contribution in [0.2, 0.25) is 0 Å². The Kier molecular flexibility index (Phi) is 6.91. The van der Waals surface area contributed by atoms with Crippen LogP contribution in [0.5, 0.6) is 0 Å². The van der Waals surface area contributed by atoms with E-state index in [2.05, 4.69) is 22.2 Å². The number of carbonyl (C=O) groups excluding carboxylic acids is 2. The zero-order chi connectivity index (χ0) is 19.2. The first kappa shape index (κ1) is 19.9. The van der Waals surface area contributed by atoms with Crippen LogP contribution >= 0.6 is 0 Å². The molecular weight excluding hydrogens is 340 g/mol. The number of amides is 2. The van der Waals surface area contributed by atoms with Crippen molar-refractivity contribution in [2.45, 2.75) is 83.2 Å². The van der Waals surface area contributed by atoms with Gasteiger partial charge in [0, 0.05) is 37.3 Å². The van der Waals surface area contributed by atoms with E-state index in [1.165, 1.54) is 19.3 Å². The fourth-order valence-electron chi connectivity index (χ4n) is 4.53. The van der Waals surface area contributed by atoms with Crippen LogP contribution in [0.25, 0.3) is 0 Å². The summed E-state index contributed by atoms with van der Waals surface area (Å²) in [7, 11) is 1.90.